The summed E-state index contributed by atoms with van der Waals surface area (Å²) < 4.78 is 5.24. The molecule has 0 saturated carbocycles. The molecule has 6 heteroatoms. The van der Waals surface area contributed by atoms with E-state index in [4.69, 9.17) is 16.3 Å². The van der Waals surface area contributed by atoms with Crippen molar-refractivity contribution >= 4 is 23.5 Å². The summed E-state index contributed by atoms with van der Waals surface area (Å²) in [6.07, 6.45) is 0. The normalized spacial score (nSPS) is 12.0. The van der Waals surface area contributed by atoms with Crippen LogP contribution in [0.15, 0.2) is 29.3 Å². The molecule has 0 aliphatic carbocycles. The number of nitrogens with one attached hydrogen (secondary N) is 2. The first kappa shape index (κ1) is 18.3. The number of aliphatic imine (C=N–C) groups is 1. The van der Waals surface area contributed by atoms with Crippen LogP contribution in [-0.4, -0.2) is 30.6 Å². The van der Waals surface area contributed by atoms with Gasteiger partial charge in [-0.05, 0) is 39.3 Å². The monoisotopic (exact) mass is 325 g/mol. The second-order valence-corrected chi connectivity index (χ2v) is 6.13. The quantitative estimate of drug-likeness (QED) is 0.496. The number of halogens is 1. The average molecular weight is 326 g/mol. The number of ether oxygens (including phenoxy) is 1. The smallest absolute Gasteiger partial charge is 0.325 e. The SMILES string of the molecule is CCNC(=NCc1ccccc1Cl)NCC(=O)OC(C)(C)C. The van der Waals surface area contributed by atoms with Gasteiger partial charge in [0, 0.05) is 11.6 Å². The highest BCUT2D eigenvalue weighted by atomic mass is 35.5. The number of carbonyl (C=O) groups excluding carboxylic acids is 1. The molecule has 22 heavy (non-hydrogen) atoms. The van der Waals surface area contributed by atoms with Crippen LogP contribution in [0.5, 0.6) is 0 Å². The molecule has 1 rings (SSSR count). The van der Waals surface area contributed by atoms with Crippen LogP contribution in [0.1, 0.15) is 33.3 Å². The molecule has 0 unspecified atom stereocenters. The number of hydrogen-bond acceptors (Lipinski definition) is 3. The first-order valence-corrected chi connectivity index (χ1v) is 7.67. The van der Waals surface area contributed by atoms with E-state index in [1.54, 1.807) is 0 Å². The third kappa shape index (κ3) is 7.31. The molecule has 0 saturated heterocycles. The van der Waals surface area contributed by atoms with Crippen LogP contribution in [0.3, 0.4) is 0 Å². The number of carbonyl (C=O) groups is 1. The van der Waals surface area contributed by atoms with Crippen molar-refractivity contribution in [2.75, 3.05) is 13.1 Å². The van der Waals surface area contributed by atoms with Gasteiger partial charge < -0.3 is 15.4 Å². The van der Waals surface area contributed by atoms with Crippen LogP contribution in [-0.2, 0) is 16.1 Å². The van der Waals surface area contributed by atoms with E-state index in [9.17, 15) is 4.79 Å². The fourth-order valence-corrected chi connectivity index (χ4v) is 1.86. The molecule has 0 aliphatic rings. The van der Waals surface area contributed by atoms with Crippen molar-refractivity contribution < 1.29 is 9.53 Å². The number of nitrogens with zero attached hydrogens (tertiary/aromatic N) is 1. The van der Waals surface area contributed by atoms with Crippen LogP contribution in [0.25, 0.3) is 0 Å². The molecule has 0 aliphatic heterocycles. The topological polar surface area (TPSA) is 62.7 Å². The summed E-state index contributed by atoms with van der Waals surface area (Å²) in [6, 6.07) is 7.54. The second-order valence-electron chi connectivity index (χ2n) is 5.73. The van der Waals surface area contributed by atoms with Crippen molar-refractivity contribution in [1.29, 1.82) is 0 Å². The summed E-state index contributed by atoms with van der Waals surface area (Å²) in [5.41, 5.74) is 0.435. The summed E-state index contributed by atoms with van der Waals surface area (Å²) in [5, 5.41) is 6.71. The van der Waals surface area contributed by atoms with E-state index in [-0.39, 0.29) is 12.5 Å². The number of rotatable bonds is 5. The zero-order chi connectivity index (χ0) is 16.6. The summed E-state index contributed by atoms with van der Waals surface area (Å²) in [5.74, 6) is 0.226. The zero-order valence-corrected chi connectivity index (χ0v) is 14.3. The largest absolute Gasteiger partial charge is 0.459 e. The predicted molar refractivity (Wildman–Crippen MR) is 90.1 cm³/mol. The van der Waals surface area contributed by atoms with E-state index in [1.807, 2.05) is 52.0 Å². The summed E-state index contributed by atoms with van der Waals surface area (Å²) in [4.78, 5) is 16.1. The lowest BCUT2D eigenvalue weighted by Crippen LogP contribution is -2.41. The molecule has 0 bridgehead atoms. The third-order valence-corrected chi connectivity index (χ3v) is 2.90. The van der Waals surface area contributed by atoms with Gasteiger partial charge in [0.1, 0.15) is 12.1 Å². The van der Waals surface area contributed by atoms with E-state index in [1.165, 1.54) is 0 Å². The number of esters is 1. The van der Waals surface area contributed by atoms with Crippen molar-refractivity contribution in [3.8, 4) is 0 Å². The van der Waals surface area contributed by atoms with E-state index in [0.29, 0.717) is 24.1 Å². The first-order valence-electron chi connectivity index (χ1n) is 7.29. The molecule has 0 heterocycles. The molecule has 5 nitrogen and oxygen atoms in total. The van der Waals surface area contributed by atoms with Gasteiger partial charge in [-0.1, -0.05) is 29.8 Å². The standard InChI is InChI=1S/C16H24ClN3O2/c1-5-18-15(20-11-14(21)22-16(2,3)4)19-10-12-8-6-7-9-13(12)17/h6-9H,5,10-11H2,1-4H3,(H2,18,19,20). The van der Waals surface area contributed by atoms with Gasteiger partial charge in [0.15, 0.2) is 5.96 Å². The third-order valence-electron chi connectivity index (χ3n) is 2.53. The Labute approximate surface area is 137 Å². The Hall–Kier alpha value is -1.75. The molecule has 0 atom stereocenters. The lowest BCUT2D eigenvalue weighted by molar-refractivity contribution is -0.153. The molecule has 0 spiro atoms. The van der Waals surface area contributed by atoms with E-state index < -0.39 is 5.60 Å². The molecule has 1 aromatic rings. The highest BCUT2D eigenvalue weighted by molar-refractivity contribution is 6.31. The maximum atomic E-state index is 11.7. The Morgan fingerprint density at radius 3 is 2.55 bits per heavy atom. The number of benzene rings is 1. The van der Waals surface area contributed by atoms with Gasteiger partial charge in [-0.3, -0.25) is 4.79 Å². The summed E-state index contributed by atoms with van der Waals surface area (Å²) >= 11 is 6.10. The fourth-order valence-electron chi connectivity index (χ4n) is 1.67. The van der Waals surface area contributed by atoms with Crippen LogP contribution in [0.4, 0.5) is 0 Å². The maximum Gasteiger partial charge on any atom is 0.325 e. The minimum Gasteiger partial charge on any atom is -0.459 e. The van der Waals surface area contributed by atoms with Crippen molar-refractivity contribution in [1.82, 2.24) is 10.6 Å². The molecule has 2 N–H and O–H groups in total. The Balaban J connectivity index is 2.59. The van der Waals surface area contributed by atoms with Crippen molar-refractivity contribution in [2.45, 2.75) is 39.8 Å². The number of guanidine groups is 1. The Morgan fingerprint density at radius 1 is 1.27 bits per heavy atom. The maximum absolute atomic E-state index is 11.7. The van der Waals surface area contributed by atoms with Crippen molar-refractivity contribution in [3.05, 3.63) is 34.9 Å². The molecule has 0 radical (unpaired) electrons. The Kier molecular flexibility index (Phi) is 7.18. The number of hydrogen-bond donors (Lipinski definition) is 2. The highest BCUT2D eigenvalue weighted by Gasteiger charge is 2.16. The average Bonchev–Trinajstić information content (AvgIpc) is 2.41. The Morgan fingerprint density at radius 2 is 1.95 bits per heavy atom. The van der Waals surface area contributed by atoms with Crippen molar-refractivity contribution in [3.63, 3.8) is 0 Å². The highest BCUT2D eigenvalue weighted by Crippen LogP contribution is 2.15. The minimum absolute atomic E-state index is 0.0611. The fraction of sp³-hybridized carbons (Fsp3) is 0.500. The van der Waals surface area contributed by atoms with Gasteiger partial charge in [0.2, 0.25) is 0 Å². The lowest BCUT2D eigenvalue weighted by Gasteiger charge is -2.20. The molecule has 122 valence electrons. The van der Waals surface area contributed by atoms with Gasteiger partial charge >= 0.3 is 5.97 Å². The minimum atomic E-state index is -0.494. The molecule has 0 amide bonds. The molecular formula is C16H24ClN3O2. The van der Waals surface area contributed by atoms with E-state index in [2.05, 4.69) is 15.6 Å². The molecular weight excluding hydrogens is 302 g/mol. The van der Waals surface area contributed by atoms with Gasteiger partial charge in [0.05, 0.1) is 6.54 Å². The Bertz CT molecular complexity index is 524. The summed E-state index contributed by atoms with van der Waals surface area (Å²) in [6.45, 7) is 8.66. The van der Waals surface area contributed by atoms with Gasteiger partial charge in [0.25, 0.3) is 0 Å². The van der Waals surface area contributed by atoms with Gasteiger partial charge in [-0.25, -0.2) is 4.99 Å². The van der Waals surface area contributed by atoms with Gasteiger partial charge in [-0.15, -0.1) is 0 Å². The molecule has 1 aromatic carbocycles. The van der Waals surface area contributed by atoms with Crippen LogP contribution in [0, 0.1) is 0 Å². The van der Waals surface area contributed by atoms with E-state index >= 15 is 0 Å². The predicted octanol–water partition coefficient (Wildman–Crippen LogP) is 2.74. The second kappa shape index (κ2) is 8.63. The van der Waals surface area contributed by atoms with Gasteiger partial charge in [-0.2, -0.15) is 0 Å². The lowest BCUT2D eigenvalue weighted by atomic mass is 10.2. The zero-order valence-electron chi connectivity index (χ0n) is 13.6. The molecule has 0 aromatic heterocycles. The van der Waals surface area contributed by atoms with E-state index in [0.717, 1.165) is 5.56 Å². The van der Waals surface area contributed by atoms with Crippen LogP contribution >= 0.6 is 11.6 Å². The van der Waals surface area contributed by atoms with Crippen LogP contribution in [0.2, 0.25) is 5.02 Å². The summed E-state index contributed by atoms with van der Waals surface area (Å²) in [7, 11) is 0. The van der Waals surface area contributed by atoms with Crippen molar-refractivity contribution in [2.24, 2.45) is 4.99 Å². The molecule has 0 fully saturated rings. The first-order chi connectivity index (χ1) is 10.3. The van der Waals surface area contributed by atoms with Crippen LogP contribution < -0.4 is 10.6 Å².